The average Bonchev–Trinajstić information content (AvgIpc) is 3.08. The molecule has 27 heavy (non-hydrogen) atoms. The Balaban J connectivity index is 1.95. The Kier molecular flexibility index (Phi) is 6.11. The summed E-state index contributed by atoms with van der Waals surface area (Å²) in [7, 11) is 0. The quantitative estimate of drug-likeness (QED) is 0.549. The van der Waals surface area contributed by atoms with Gasteiger partial charge in [-0.1, -0.05) is 70.9 Å². The van der Waals surface area contributed by atoms with Crippen LogP contribution in [0.5, 0.6) is 0 Å². The molecule has 0 aliphatic rings. The first-order valence-corrected chi connectivity index (χ1v) is 9.57. The van der Waals surface area contributed by atoms with Crippen molar-refractivity contribution >= 4 is 51.5 Å². The summed E-state index contributed by atoms with van der Waals surface area (Å²) in [6.45, 7) is 1.97. The Labute approximate surface area is 169 Å². The van der Waals surface area contributed by atoms with Crippen LogP contribution >= 0.6 is 34.5 Å². The van der Waals surface area contributed by atoms with Crippen molar-refractivity contribution in [1.29, 1.82) is 0 Å². The Morgan fingerprint density at radius 1 is 1.11 bits per heavy atom. The van der Waals surface area contributed by atoms with Crippen molar-refractivity contribution in [2.24, 2.45) is 0 Å². The van der Waals surface area contributed by atoms with E-state index in [1.165, 1.54) is 0 Å². The molecule has 1 amide bonds. The van der Waals surface area contributed by atoms with E-state index in [4.69, 9.17) is 27.9 Å². The van der Waals surface area contributed by atoms with Crippen molar-refractivity contribution in [3.8, 4) is 11.3 Å². The number of carbonyl (C=O) groups is 2. The van der Waals surface area contributed by atoms with Crippen LogP contribution in [0.1, 0.15) is 27.0 Å². The number of benzene rings is 2. The highest BCUT2D eigenvalue weighted by atomic mass is 35.5. The van der Waals surface area contributed by atoms with E-state index in [2.05, 4.69) is 10.3 Å². The van der Waals surface area contributed by atoms with Gasteiger partial charge in [0, 0.05) is 5.56 Å². The SMILES string of the molecule is CCOC(=O)c1sc(NC(=O)c2cccc(Cl)c2Cl)nc1-c1ccccc1. The number of hydrogen-bond acceptors (Lipinski definition) is 5. The Bertz CT molecular complexity index is 990. The smallest absolute Gasteiger partial charge is 0.350 e. The number of carbonyl (C=O) groups excluding carboxylic acids is 2. The Morgan fingerprint density at radius 2 is 1.85 bits per heavy atom. The predicted octanol–water partition coefficient (Wildman–Crippen LogP) is 5.55. The lowest BCUT2D eigenvalue weighted by Gasteiger charge is -2.05. The third kappa shape index (κ3) is 4.30. The number of amides is 1. The molecule has 0 aliphatic heterocycles. The van der Waals surface area contributed by atoms with Crippen LogP contribution in [0.3, 0.4) is 0 Å². The molecule has 0 unspecified atom stereocenters. The zero-order valence-corrected chi connectivity index (χ0v) is 16.5. The lowest BCUT2D eigenvalue weighted by molar-refractivity contribution is 0.0532. The van der Waals surface area contributed by atoms with Crippen LogP contribution in [0.25, 0.3) is 11.3 Å². The molecule has 2 aromatic carbocycles. The van der Waals surface area contributed by atoms with Gasteiger partial charge in [0.15, 0.2) is 5.13 Å². The highest BCUT2D eigenvalue weighted by Gasteiger charge is 2.22. The highest BCUT2D eigenvalue weighted by molar-refractivity contribution is 7.18. The highest BCUT2D eigenvalue weighted by Crippen LogP contribution is 2.33. The molecule has 0 bridgehead atoms. The summed E-state index contributed by atoms with van der Waals surface area (Å²) in [5, 5.41) is 3.37. The topological polar surface area (TPSA) is 68.3 Å². The first-order chi connectivity index (χ1) is 13.0. The fraction of sp³-hybridized carbons (Fsp3) is 0.105. The van der Waals surface area contributed by atoms with Crippen molar-refractivity contribution in [2.75, 3.05) is 11.9 Å². The molecule has 5 nitrogen and oxygen atoms in total. The fourth-order valence-electron chi connectivity index (χ4n) is 2.34. The van der Waals surface area contributed by atoms with Crippen LogP contribution in [-0.4, -0.2) is 23.5 Å². The number of ether oxygens (including phenoxy) is 1. The van der Waals surface area contributed by atoms with Crippen molar-refractivity contribution in [3.63, 3.8) is 0 Å². The minimum atomic E-state index is -0.491. The number of nitrogens with zero attached hydrogens (tertiary/aromatic N) is 1. The number of esters is 1. The van der Waals surface area contributed by atoms with Crippen LogP contribution in [0.4, 0.5) is 5.13 Å². The van der Waals surface area contributed by atoms with E-state index in [9.17, 15) is 9.59 Å². The van der Waals surface area contributed by atoms with Crippen molar-refractivity contribution in [3.05, 3.63) is 69.0 Å². The molecule has 0 atom stereocenters. The first kappa shape index (κ1) is 19.4. The van der Waals surface area contributed by atoms with Gasteiger partial charge in [0.1, 0.15) is 4.88 Å². The minimum absolute atomic E-state index is 0.155. The van der Waals surface area contributed by atoms with Crippen LogP contribution in [-0.2, 0) is 4.74 Å². The van der Waals surface area contributed by atoms with Crippen molar-refractivity contribution in [2.45, 2.75) is 6.92 Å². The lowest BCUT2D eigenvalue weighted by Crippen LogP contribution is -2.12. The molecule has 3 rings (SSSR count). The van der Waals surface area contributed by atoms with Crippen LogP contribution < -0.4 is 5.32 Å². The zero-order valence-electron chi connectivity index (χ0n) is 14.2. The second-order valence-corrected chi connectivity index (χ2v) is 7.12. The first-order valence-electron chi connectivity index (χ1n) is 8.00. The minimum Gasteiger partial charge on any atom is -0.462 e. The van der Waals surface area contributed by atoms with E-state index < -0.39 is 11.9 Å². The number of anilines is 1. The molecule has 0 radical (unpaired) electrons. The molecule has 8 heteroatoms. The maximum atomic E-state index is 12.5. The maximum Gasteiger partial charge on any atom is 0.350 e. The second kappa shape index (κ2) is 8.52. The normalized spacial score (nSPS) is 10.5. The number of hydrogen-bond donors (Lipinski definition) is 1. The van der Waals surface area contributed by atoms with E-state index in [0.717, 1.165) is 16.9 Å². The Morgan fingerprint density at radius 3 is 2.56 bits per heavy atom. The van der Waals surface area contributed by atoms with Gasteiger partial charge in [-0.2, -0.15) is 0 Å². The second-order valence-electron chi connectivity index (χ2n) is 5.34. The molecule has 3 aromatic rings. The van der Waals surface area contributed by atoms with E-state index in [1.807, 2.05) is 30.3 Å². The van der Waals surface area contributed by atoms with Gasteiger partial charge in [0.25, 0.3) is 5.91 Å². The van der Waals surface area contributed by atoms with Crippen molar-refractivity contribution in [1.82, 2.24) is 4.98 Å². The third-order valence-electron chi connectivity index (χ3n) is 3.55. The number of rotatable bonds is 5. The molecule has 1 N–H and O–H groups in total. The molecule has 0 saturated heterocycles. The maximum absolute atomic E-state index is 12.5. The molecule has 138 valence electrons. The van der Waals surface area contributed by atoms with Gasteiger partial charge in [0.05, 0.1) is 27.9 Å². The van der Waals surface area contributed by atoms with E-state index in [0.29, 0.717) is 10.6 Å². The monoisotopic (exact) mass is 420 g/mol. The lowest BCUT2D eigenvalue weighted by atomic mass is 10.1. The van der Waals surface area contributed by atoms with Crippen molar-refractivity contribution < 1.29 is 14.3 Å². The summed E-state index contributed by atoms with van der Waals surface area (Å²) in [6.07, 6.45) is 0. The van der Waals surface area contributed by atoms with Gasteiger partial charge in [-0.15, -0.1) is 0 Å². The summed E-state index contributed by atoms with van der Waals surface area (Å²) in [6, 6.07) is 14.0. The molecule has 0 saturated carbocycles. The van der Waals surface area contributed by atoms with Gasteiger partial charge >= 0.3 is 5.97 Å². The molecule has 0 spiro atoms. The summed E-state index contributed by atoms with van der Waals surface area (Å²) in [5.41, 5.74) is 1.42. The summed E-state index contributed by atoms with van der Waals surface area (Å²) >= 11 is 13.1. The van der Waals surface area contributed by atoms with Gasteiger partial charge in [-0.25, -0.2) is 9.78 Å². The molecular weight excluding hydrogens is 407 g/mol. The third-order valence-corrected chi connectivity index (χ3v) is 5.32. The van der Waals surface area contributed by atoms with Crippen LogP contribution in [0.2, 0.25) is 10.0 Å². The summed E-state index contributed by atoms with van der Waals surface area (Å²) in [5.74, 6) is -0.957. The van der Waals surface area contributed by atoms with Gasteiger partial charge in [-0.05, 0) is 19.1 Å². The molecule has 0 fully saturated rings. The van der Waals surface area contributed by atoms with Gasteiger partial charge in [-0.3, -0.25) is 10.1 Å². The predicted molar refractivity (Wildman–Crippen MR) is 108 cm³/mol. The molecule has 1 heterocycles. The number of aromatic nitrogens is 1. The number of halogens is 2. The van der Waals surface area contributed by atoms with Crippen LogP contribution in [0, 0.1) is 0 Å². The molecular formula is C19H14Cl2N2O3S. The Hall–Kier alpha value is -2.41. The summed E-state index contributed by atoms with van der Waals surface area (Å²) < 4.78 is 5.11. The zero-order chi connectivity index (χ0) is 19.4. The van der Waals surface area contributed by atoms with E-state index >= 15 is 0 Å². The standard InChI is InChI=1S/C19H14Cl2N2O3S/c1-2-26-18(25)16-15(11-7-4-3-5-8-11)22-19(27-16)23-17(24)12-9-6-10-13(20)14(12)21/h3-10H,2H2,1H3,(H,22,23,24). The molecule has 1 aromatic heterocycles. The fourth-order valence-corrected chi connectivity index (χ4v) is 3.61. The van der Waals surface area contributed by atoms with Crippen LogP contribution in [0.15, 0.2) is 48.5 Å². The van der Waals surface area contributed by atoms with E-state index in [-0.39, 0.29) is 27.3 Å². The molecule has 0 aliphatic carbocycles. The van der Waals surface area contributed by atoms with Gasteiger partial charge in [0.2, 0.25) is 0 Å². The summed E-state index contributed by atoms with van der Waals surface area (Å²) in [4.78, 5) is 29.6. The van der Waals surface area contributed by atoms with E-state index in [1.54, 1.807) is 25.1 Å². The van der Waals surface area contributed by atoms with Gasteiger partial charge < -0.3 is 4.74 Å². The number of thiazole rings is 1. The number of nitrogens with one attached hydrogen (secondary N) is 1. The largest absolute Gasteiger partial charge is 0.462 e. The average molecular weight is 421 g/mol.